The zero-order valence-electron chi connectivity index (χ0n) is 19.0. The van der Waals surface area contributed by atoms with E-state index in [-0.39, 0.29) is 29.4 Å². The van der Waals surface area contributed by atoms with Crippen LogP contribution >= 0.6 is 15.9 Å². The van der Waals surface area contributed by atoms with Gasteiger partial charge in [-0.25, -0.2) is 15.0 Å². The predicted octanol–water partition coefficient (Wildman–Crippen LogP) is 2.49. The van der Waals surface area contributed by atoms with Crippen LogP contribution in [0.15, 0.2) is 57.2 Å². The summed E-state index contributed by atoms with van der Waals surface area (Å²) in [5.41, 5.74) is 3.89. The molecular formula is C23H23BrN4O7. The van der Waals surface area contributed by atoms with Crippen LogP contribution in [0, 0.1) is 0 Å². The molecule has 4 N–H and O–H groups in total. The molecule has 0 fully saturated rings. The number of hydrogen-bond donors (Lipinski definition) is 4. The van der Waals surface area contributed by atoms with Gasteiger partial charge in [0.15, 0.2) is 18.1 Å². The molecule has 0 saturated heterocycles. The van der Waals surface area contributed by atoms with Crippen molar-refractivity contribution in [1.29, 1.82) is 0 Å². The second kappa shape index (κ2) is 11.4. The van der Waals surface area contributed by atoms with Crippen molar-refractivity contribution >= 4 is 40.1 Å². The summed E-state index contributed by atoms with van der Waals surface area (Å²) in [5, 5.41) is 18.8. The lowest BCUT2D eigenvalue weighted by Crippen LogP contribution is -2.45. The Balaban J connectivity index is 1.69. The fourth-order valence-corrected chi connectivity index (χ4v) is 3.66. The summed E-state index contributed by atoms with van der Waals surface area (Å²) in [6, 6.07) is 8.35. The Morgan fingerprint density at radius 1 is 1.20 bits per heavy atom. The molecule has 1 aliphatic heterocycles. The molecule has 0 bridgehead atoms. The van der Waals surface area contributed by atoms with E-state index >= 15 is 0 Å². The van der Waals surface area contributed by atoms with Crippen LogP contribution in [-0.4, -0.2) is 50.1 Å². The molecule has 3 rings (SSSR count). The number of phenols is 1. The number of hydrazone groups is 1. The van der Waals surface area contributed by atoms with E-state index in [4.69, 9.17) is 14.2 Å². The van der Waals surface area contributed by atoms with Gasteiger partial charge in [-0.1, -0.05) is 22.0 Å². The molecule has 0 unspecified atom stereocenters. The fraction of sp³-hybridized carbons (Fsp3) is 0.217. The molecule has 1 aliphatic rings. The molecule has 0 saturated carbocycles. The van der Waals surface area contributed by atoms with E-state index in [2.05, 4.69) is 37.1 Å². The maximum Gasteiger partial charge on any atom is 0.337 e. The molecule has 11 nitrogen and oxygen atoms in total. The third-order valence-corrected chi connectivity index (χ3v) is 5.43. The van der Waals surface area contributed by atoms with E-state index in [1.54, 1.807) is 37.3 Å². The van der Waals surface area contributed by atoms with Gasteiger partial charge in [0.1, 0.15) is 5.75 Å². The smallest absolute Gasteiger partial charge is 0.337 e. The minimum atomic E-state index is -0.772. The lowest BCUT2D eigenvalue weighted by atomic mass is 9.95. The zero-order valence-corrected chi connectivity index (χ0v) is 20.6. The minimum absolute atomic E-state index is 0.0117. The van der Waals surface area contributed by atoms with Gasteiger partial charge in [-0.2, -0.15) is 5.10 Å². The predicted molar refractivity (Wildman–Crippen MR) is 129 cm³/mol. The van der Waals surface area contributed by atoms with Crippen LogP contribution in [0.25, 0.3) is 0 Å². The number of nitrogens with one attached hydrogen (secondary N) is 3. The Labute approximate surface area is 209 Å². The average molecular weight is 547 g/mol. The number of benzene rings is 2. The highest BCUT2D eigenvalue weighted by atomic mass is 79.9. The van der Waals surface area contributed by atoms with Gasteiger partial charge in [-0.05, 0) is 42.8 Å². The Kier molecular flexibility index (Phi) is 8.31. The van der Waals surface area contributed by atoms with Crippen molar-refractivity contribution in [2.24, 2.45) is 5.10 Å². The van der Waals surface area contributed by atoms with Crippen LogP contribution in [0.2, 0.25) is 0 Å². The molecule has 12 heteroatoms. The Bertz CT molecular complexity index is 1210. The van der Waals surface area contributed by atoms with Crippen molar-refractivity contribution in [3.05, 3.63) is 63.3 Å². The summed E-state index contributed by atoms with van der Waals surface area (Å²) in [6.45, 7) is 1.24. The molecule has 1 heterocycles. The van der Waals surface area contributed by atoms with Crippen LogP contribution in [0.3, 0.4) is 0 Å². The number of methoxy groups -OCH3 is 2. The molecule has 2 aromatic carbocycles. The van der Waals surface area contributed by atoms with Gasteiger partial charge in [0.25, 0.3) is 5.91 Å². The van der Waals surface area contributed by atoms with Crippen LogP contribution in [0.5, 0.6) is 17.2 Å². The van der Waals surface area contributed by atoms with E-state index in [0.717, 1.165) is 4.47 Å². The number of esters is 1. The molecule has 3 amide bonds. The number of amides is 3. The maximum atomic E-state index is 12.3. The van der Waals surface area contributed by atoms with Crippen LogP contribution < -0.4 is 25.5 Å². The normalized spacial score (nSPS) is 15.3. The molecule has 0 spiro atoms. The molecule has 184 valence electrons. The van der Waals surface area contributed by atoms with Crippen molar-refractivity contribution in [3.63, 3.8) is 0 Å². The van der Waals surface area contributed by atoms with E-state index in [1.165, 1.54) is 26.5 Å². The molecule has 0 aromatic heterocycles. The third-order valence-electron chi connectivity index (χ3n) is 4.94. The summed E-state index contributed by atoms with van der Waals surface area (Å²) in [6.07, 6.45) is 1.30. The van der Waals surface area contributed by atoms with E-state index in [1.807, 2.05) is 0 Å². The average Bonchev–Trinajstić information content (AvgIpc) is 2.83. The Morgan fingerprint density at radius 3 is 2.69 bits per heavy atom. The van der Waals surface area contributed by atoms with Crippen molar-refractivity contribution in [2.75, 3.05) is 20.8 Å². The van der Waals surface area contributed by atoms with E-state index < -0.39 is 23.9 Å². The molecular weight excluding hydrogens is 524 g/mol. The van der Waals surface area contributed by atoms with Crippen LogP contribution in [0.1, 0.15) is 24.1 Å². The van der Waals surface area contributed by atoms with Crippen molar-refractivity contribution in [3.8, 4) is 17.2 Å². The number of nitrogens with zero attached hydrogens (tertiary/aromatic N) is 1. The highest BCUT2D eigenvalue weighted by Gasteiger charge is 2.32. The molecule has 0 radical (unpaired) electrons. The largest absolute Gasteiger partial charge is 0.507 e. The Hall–Kier alpha value is -4.06. The van der Waals surface area contributed by atoms with Crippen molar-refractivity contribution < 1.29 is 33.7 Å². The third kappa shape index (κ3) is 6.29. The minimum Gasteiger partial charge on any atom is -0.507 e. The van der Waals surface area contributed by atoms with Gasteiger partial charge in [0.05, 0.1) is 32.0 Å². The van der Waals surface area contributed by atoms with Crippen molar-refractivity contribution in [1.82, 2.24) is 16.1 Å². The second-order valence-electron chi connectivity index (χ2n) is 7.26. The van der Waals surface area contributed by atoms with Gasteiger partial charge >= 0.3 is 12.0 Å². The molecule has 0 aliphatic carbocycles. The SMILES string of the molecule is COC(=O)C1=C(C)NC(=O)N[C@H]1c1ccc(OCC(=O)N/N=C\c2cc(Br)ccc2O)c(OC)c1. The monoisotopic (exact) mass is 546 g/mol. The number of rotatable bonds is 8. The number of ether oxygens (including phenoxy) is 3. The lowest BCUT2D eigenvalue weighted by Gasteiger charge is -2.28. The molecule has 1 atom stereocenters. The van der Waals surface area contributed by atoms with Gasteiger partial charge in [0, 0.05) is 15.7 Å². The molecule has 2 aromatic rings. The first-order chi connectivity index (χ1) is 16.7. The fourth-order valence-electron chi connectivity index (χ4n) is 3.29. The first kappa shape index (κ1) is 25.6. The first-order valence-electron chi connectivity index (χ1n) is 10.2. The number of halogens is 1. The quantitative estimate of drug-likeness (QED) is 0.226. The maximum absolute atomic E-state index is 12.3. The van der Waals surface area contributed by atoms with Crippen molar-refractivity contribution in [2.45, 2.75) is 13.0 Å². The van der Waals surface area contributed by atoms with E-state index in [9.17, 15) is 19.5 Å². The summed E-state index contributed by atoms with van der Waals surface area (Å²) >= 11 is 3.29. The number of allylic oxidation sites excluding steroid dienone is 1. The highest BCUT2D eigenvalue weighted by Crippen LogP contribution is 2.34. The lowest BCUT2D eigenvalue weighted by molar-refractivity contribution is -0.136. The standard InChI is InChI=1S/C23H23BrN4O7/c1-12-20(22(31)34-3)21(27-23(32)26-12)13-4-7-17(18(9-13)33-2)35-11-19(30)28-25-10-14-8-15(24)5-6-16(14)29/h4-10,21,29H,11H2,1-3H3,(H,28,30)(H2,26,27,32)/b25-10-/t21-/m0/s1. The number of carbonyl (C=O) groups is 3. The summed E-state index contributed by atoms with van der Waals surface area (Å²) < 4.78 is 16.5. The number of hydrogen-bond acceptors (Lipinski definition) is 8. The number of carbonyl (C=O) groups excluding carboxylic acids is 3. The van der Waals surface area contributed by atoms with Crippen LogP contribution in [-0.2, 0) is 14.3 Å². The van der Waals surface area contributed by atoms with Crippen LogP contribution in [0.4, 0.5) is 4.79 Å². The summed E-state index contributed by atoms with van der Waals surface area (Å²) in [7, 11) is 2.67. The highest BCUT2D eigenvalue weighted by molar-refractivity contribution is 9.10. The van der Waals surface area contributed by atoms with E-state index in [0.29, 0.717) is 16.8 Å². The summed E-state index contributed by atoms with van der Waals surface area (Å²) in [4.78, 5) is 36.4. The van der Waals surface area contributed by atoms with Gasteiger partial charge < -0.3 is 30.0 Å². The van der Waals surface area contributed by atoms with Gasteiger partial charge in [-0.3, -0.25) is 4.79 Å². The zero-order chi connectivity index (χ0) is 25.5. The Morgan fingerprint density at radius 2 is 1.97 bits per heavy atom. The number of urea groups is 1. The second-order valence-corrected chi connectivity index (χ2v) is 8.17. The molecule has 35 heavy (non-hydrogen) atoms. The number of phenolic OH excluding ortho intramolecular Hbond substituents is 1. The number of aromatic hydroxyl groups is 1. The topological polar surface area (TPSA) is 148 Å². The summed E-state index contributed by atoms with van der Waals surface area (Å²) in [5.74, 6) is -0.572. The van der Waals surface area contributed by atoms with Gasteiger partial charge in [0.2, 0.25) is 0 Å². The first-order valence-corrected chi connectivity index (χ1v) is 11.0. The van der Waals surface area contributed by atoms with Gasteiger partial charge in [-0.15, -0.1) is 0 Å².